The molecule has 21 heavy (non-hydrogen) atoms. The normalized spacial score (nSPS) is 22.2. The van der Waals surface area contributed by atoms with Gasteiger partial charge < -0.3 is 0 Å². The molecule has 0 radical (unpaired) electrons. The van der Waals surface area contributed by atoms with Crippen LogP contribution in [-0.4, -0.2) is 6.04 Å². The van der Waals surface area contributed by atoms with Crippen LogP contribution in [0.25, 0.3) is 11.1 Å². The van der Waals surface area contributed by atoms with Crippen LogP contribution in [0.3, 0.4) is 0 Å². The van der Waals surface area contributed by atoms with Crippen molar-refractivity contribution in [1.82, 2.24) is 3.53 Å². The maximum Gasteiger partial charge on any atom is 0.0172 e. The summed E-state index contributed by atoms with van der Waals surface area (Å²) in [5.41, 5.74) is 5.46. The van der Waals surface area contributed by atoms with E-state index in [1.807, 2.05) is 0 Å². The Morgan fingerprint density at radius 3 is 1.86 bits per heavy atom. The number of rotatable bonds is 3. The lowest BCUT2D eigenvalue weighted by molar-refractivity contribution is 0.386. The first-order valence-corrected chi connectivity index (χ1v) is 8.87. The molecular weight excluding hydrogens is 369 g/mol. The molecule has 1 aliphatic rings. The highest BCUT2D eigenvalue weighted by Gasteiger charge is 2.21. The van der Waals surface area contributed by atoms with Crippen molar-refractivity contribution in [3.8, 4) is 11.1 Å². The average Bonchev–Trinajstić information content (AvgIpc) is 2.56. The van der Waals surface area contributed by atoms with Crippen LogP contribution in [0.1, 0.15) is 42.7 Å². The Labute approximate surface area is 141 Å². The summed E-state index contributed by atoms with van der Waals surface area (Å²) in [7, 11) is 0. The summed E-state index contributed by atoms with van der Waals surface area (Å²) in [5.74, 6) is 0.748. The van der Waals surface area contributed by atoms with E-state index < -0.39 is 0 Å². The van der Waals surface area contributed by atoms with Crippen LogP contribution in [0.5, 0.6) is 0 Å². The zero-order valence-corrected chi connectivity index (χ0v) is 14.6. The molecular formula is C19H22IN. The molecule has 0 heterocycles. The fourth-order valence-electron chi connectivity index (χ4n) is 3.23. The van der Waals surface area contributed by atoms with E-state index in [1.165, 1.54) is 47.9 Å². The van der Waals surface area contributed by atoms with Gasteiger partial charge in [0, 0.05) is 28.9 Å². The highest BCUT2D eigenvalue weighted by molar-refractivity contribution is 14.1. The second-order valence-corrected chi connectivity index (χ2v) is 6.77. The average molecular weight is 391 g/mol. The van der Waals surface area contributed by atoms with Gasteiger partial charge in [0.05, 0.1) is 0 Å². The number of nitrogens with one attached hydrogen (secondary N) is 1. The highest BCUT2D eigenvalue weighted by atomic mass is 127. The Kier molecular flexibility index (Phi) is 4.96. The van der Waals surface area contributed by atoms with Crippen LogP contribution >= 0.6 is 22.9 Å². The first kappa shape index (κ1) is 15.0. The van der Waals surface area contributed by atoms with Gasteiger partial charge in [0.1, 0.15) is 0 Å². The summed E-state index contributed by atoms with van der Waals surface area (Å²) >= 11 is 2.29. The van der Waals surface area contributed by atoms with Crippen molar-refractivity contribution >= 4 is 22.9 Å². The van der Waals surface area contributed by atoms with Crippen molar-refractivity contribution < 1.29 is 0 Å². The molecule has 2 aromatic carbocycles. The third-order valence-electron chi connectivity index (χ3n) is 4.65. The zero-order valence-electron chi connectivity index (χ0n) is 12.5. The van der Waals surface area contributed by atoms with Crippen molar-refractivity contribution in [2.75, 3.05) is 0 Å². The van der Waals surface area contributed by atoms with Crippen LogP contribution in [0.4, 0.5) is 0 Å². The lowest BCUT2D eigenvalue weighted by Crippen LogP contribution is -2.25. The third kappa shape index (κ3) is 3.67. The number of halogens is 1. The Morgan fingerprint density at radius 2 is 1.33 bits per heavy atom. The van der Waals surface area contributed by atoms with Crippen molar-refractivity contribution in [2.45, 2.75) is 44.6 Å². The fraction of sp³-hybridized carbons (Fsp3) is 0.368. The van der Waals surface area contributed by atoms with Crippen molar-refractivity contribution in [2.24, 2.45) is 0 Å². The lowest BCUT2D eigenvalue weighted by atomic mass is 9.82. The van der Waals surface area contributed by atoms with Gasteiger partial charge in [-0.1, -0.05) is 54.1 Å². The minimum Gasteiger partial charge on any atom is -0.258 e. The molecule has 0 bridgehead atoms. The summed E-state index contributed by atoms with van der Waals surface area (Å²) in [6.07, 6.45) is 5.22. The number of benzene rings is 2. The van der Waals surface area contributed by atoms with E-state index in [9.17, 15) is 0 Å². The minimum absolute atomic E-state index is 0.716. The van der Waals surface area contributed by atoms with Crippen LogP contribution in [-0.2, 0) is 0 Å². The summed E-state index contributed by atoms with van der Waals surface area (Å²) in [5, 5.41) is 0. The fourth-order valence-corrected chi connectivity index (χ4v) is 3.85. The van der Waals surface area contributed by atoms with Gasteiger partial charge >= 0.3 is 0 Å². The first-order valence-electron chi connectivity index (χ1n) is 7.79. The molecule has 0 aromatic heterocycles. The van der Waals surface area contributed by atoms with Gasteiger partial charge in [-0.3, -0.25) is 3.53 Å². The lowest BCUT2D eigenvalue weighted by Gasteiger charge is -2.28. The molecule has 1 fully saturated rings. The second kappa shape index (κ2) is 6.93. The van der Waals surface area contributed by atoms with E-state index in [-0.39, 0.29) is 0 Å². The van der Waals surface area contributed by atoms with Crippen molar-refractivity contribution in [1.29, 1.82) is 0 Å². The summed E-state index contributed by atoms with van der Waals surface area (Å²) in [4.78, 5) is 0. The number of hydrogen-bond acceptors (Lipinski definition) is 1. The number of aryl methyl sites for hydroxylation is 1. The third-order valence-corrected chi connectivity index (χ3v) is 5.53. The molecule has 0 unspecified atom stereocenters. The van der Waals surface area contributed by atoms with Gasteiger partial charge in [-0.15, -0.1) is 0 Å². The summed E-state index contributed by atoms with van der Waals surface area (Å²) in [6.45, 7) is 2.13. The molecule has 3 rings (SSSR count). The molecule has 0 amide bonds. The quantitative estimate of drug-likeness (QED) is 0.528. The molecule has 1 saturated carbocycles. The van der Waals surface area contributed by atoms with Crippen LogP contribution in [0.2, 0.25) is 0 Å². The molecule has 0 saturated heterocycles. The van der Waals surface area contributed by atoms with E-state index in [1.54, 1.807) is 0 Å². The summed E-state index contributed by atoms with van der Waals surface area (Å²) < 4.78 is 3.38. The molecule has 2 heteroatoms. The van der Waals surface area contributed by atoms with Crippen molar-refractivity contribution in [3.63, 3.8) is 0 Å². The maximum atomic E-state index is 3.38. The number of hydrogen-bond donors (Lipinski definition) is 1. The monoisotopic (exact) mass is 391 g/mol. The molecule has 1 aliphatic carbocycles. The van der Waals surface area contributed by atoms with Crippen LogP contribution in [0, 0.1) is 6.92 Å². The Balaban J connectivity index is 1.71. The second-order valence-electron chi connectivity index (χ2n) is 6.15. The zero-order chi connectivity index (χ0) is 14.7. The Morgan fingerprint density at radius 1 is 0.810 bits per heavy atom. The van der Waals surface area contributed by atoms with Crippen LogP contribution < -0.4 is 3.53 Å². The Bertz CT molecular complexity index is 566. The minimum atomic E-state index is 0.716. The first-order chi connectivity index (χ1) is 10.3. The smallest absolute Gasteiger partial charge is 0.0172 e. The predicted molar refractivity (Wildman–Crippen MR) is 98.8 cm³/mol. The molecule has 2 aromatic rings. The van der Waals surface area contributed by atoms with E-state index >= 15 is 0 Å². The highest BCUT2D eigenvalue weighted by Crippen LogP contribution is 2.34. The largest absolute Gasteiger partial charge is 0.258 e. The maximum absolute atomic E-state index is 3.38. The van der Waals surface area contributed by atoms with Gasteiger partial charge in [-0.2, -0.15) is 0 Å². The van der Waals surface area contributed by atoms with Gasteiger partial charge in [0.2, 0.25) is 0 Å². The molecule has 1 nitrogen and oxygen atoms in total. The van der Waals surface area contributed by atoms with Crippen LogP contribution in [0.15, 0.2) is 48.5 Å². The van der Waals surface area contributed by atoms with E-state index in [2.05, 4.69) is 81.8 Å². The van der Waals surface area contributed by atoms with E-state index in [0.717, 1.165) is 5.92 Å². The molecule has 110 valence electrons. The predicted octanol–water partition coefficient (Wildman–Crippen LogP) is 5.63. The SMILES string of the molecule is Cc1ccc(-c2ccc(C3CCC(NI)CC3)cc2)cc1. The Hall–Kier alpha value is -0.870. The molecule has 0 atom stereocenters. The van der Waals surface area contributed by atoms with Crippen molar-refractivity contribution in [3.05, 3.63) is 59.7 Å². The molecule has 1 N–H and O–H groups in total. The van der Waals surface area contributed by atoms with E-state index in [4.69, 9.17) is 0 Å². The van der Waals surface area contributed by atoms with E-state index in [0.29, 0.717) is 6.04 Å². The van der Waals surface area contributed by atoms with Gasteiger partial charge in [-0.25, -0.2) is 0 Å². The topological polar surface area (TPSA) is 12.0 Å². The van der Waals surface area contributed by atoms with Gasteiger partial charge in [0.15, 0.2) is 0 Å². The standard InChI is InChI=1S/C19H22IN/c1-14-2-4-15(5-3-14)16-6-8-17(9-7-16)18-10-12-19(21-20)13-11-18/h2-9,18-19,21H,10-13H2,1H3. The van der Waals surface area contributed by atoms with Gasteiger partial charge in [-0.05, 0) is 55.2 Å². The van der Waals surface area contributed by atoms with Gasteiger partial charge in [0.25, 0.3) is 0 Å². The molecule has 0 aliphatic heterocycles. The summed E-state index contributed by atoms with van der Waals surface area (Å²) in [6, 6.07) is 18.7. The molecule has 0 spiro atoms.